The second-order valence-electron chi connectivity index (χ2n) is 9.97. The average Bonchev–Trinajstić information content (AvgIpc) is 2.78. The summed E-state index contributed by atoms with van der Waals surface area (Å²) in [6.07, 6.45) is 3.63. The van der Waals surface area contributed by atoms with Crippen molar-refractivity contribution in [2.45, 2.75) is 25.3 Å². The first-order valence-corrected chi connectivity index (χ1v) is 11.8. The van der Waals surface area contributed by atoms with Gasteiger partial charge in [0.25, 0.3) is 5.91 Å². The molecule has 3 aliphatic carbocycles. The summed E-state index contributed by atoms with van der Waals surface area (Å²) in [6.45, 7) is 1.55. The second kappa shape index (κ2) is 8.35. The Hall–Kier alpha value is -3.43. The molecule has 9 nitrogen and oxygen atoms in total. The number of amides is 1. The van der Waals surface area contributed by atoms with E-state index in [0.717, 1.165) is 36.2 Å². The Morgan fingerprint density at radius 3 is 2.51 bits per heavy atom. The van der Waals surface area contributed by atoms with E-state index in [1.54, 1.807) is 19.0 Å². The fraction of sp³-hybridized carbons (Fsp3) is 0.423. The standard InChI is InChI=1S/C26H29N3O6/c1-29(2)21-15-10-12-9-14-13(11-5-7-28-8-6-11)3-4-16(30)18(14)22(31)17(12)23(32)19(15)24(33)20(25(21)34)26(27)35/h3-5,12,15,19,21,28,30-31,34H,6-10H2,1-2H3,(H2,27,35)/t12?,15?,19?,21-/m0/s1. The first-order chi connectivity index (χ1) is 16.6. The normalized spacial score (nSPS) is 28.5. The van der Waals surface area contributed by atoms with Crippen molar-refractivity contribution in [3.63, 3.8) is 0 Å². The number of phenols is 1. The maximum absolute atomic E-state index is 13.8. The van der Waals surface area contributed by atoms with Crippen LogP contribution in [0.15, 0.2) is 35.1 Å². The minimum atomic E-state index is -1.24. The van der Waals surface area contributed by atoms with E-state index in [4.69, 9.17) is 5.73 Å². The lowest BCUT2D eigenvalue weighted by molar-refractivity contribution is -0.136. The van der Waals surface area contributed by atoms with Crippen LogP contribution in [0.5, 0.6) is 5.75 Å². The lowest BCUT2D eigenvalue weighted by Crippen LogP contribution is -2.55. The highest BCUT2D eigenvalue weighted by Gasteiger charge is 2.55. The van der Waals surface area contributed by atoms with Crippen LogP contribution in [0.2, 0.25) is 0 Å². The van der Waals surface area contributed by atoms with E-state index < -0.39 is 52.6 Å². The Bertz CT molecular complexity index is 1260. The lowest BCUT2D eigenvalue weighted by Gasteiger charge is -2.46. The van der Waals surface area contributed by atoms with Gasteiger partial charge in [-0.25, -0.2) is 0 Å². The van der Waals surface area contributed by atoms with Crippen LogP contribution in [0.4, 0.5) is 0 Å². The Labute approximate surface area is 202 Å². The van der Waals surface area contributed by atoms with Crippen molar-refractivity contribution >= 4 is 28.8 Å². The quantitative estimate of drug-likeness (QED) is 0.320. The SMILES string of the molecule is CN(C)[C@@H]1C(O)=C(C(N)=O)C(=O)C2C(=O)C3=C(O)c4c(O)ccc(C5=CCNCC5)c4CC3CC21. The lowest BCUT2D eigenvalue weighted by atomic mass is 9.59. The number of aromatic hydroxyl groups is 1. The number of ketones is 2. The van der Waals surface area contributed by atoms with Gasteiger partial charge in [0, 0.05) is 12.1 Å². The molecule has 9 heteroatoms. The summed E-state index contributed by atoms with van der Waals surface area (Å²) in [7, 11) is 3.41. The van der Waals surface area contributed by atoms with Crippen LogP contribution in [0, 0.1) is 17.8 Å². The van der Waals surface area contributed by atoms with Gasteiger partial charge in [-0.15, -0.1) is 0 Å². The van der Waals surface area contributed by atoms with Gasteiger partial charge in [0.1, 0.15) is 22.8 Å². The molecule has 5 rings (SSSR count). The number of allylic oxidation sites excluding steroid dienone is 1. The number of likely N-dealkylation sites (N-methyl/N-ethyl adjacent to an activating group) is 1. The number of nitrogens with two attached hydrogens (primary N) is 1. The number of nitrogens with zero attached hydrogens (tertiary/aromatic N) is 1. The third-order valence-corrected chi connectivity index (χ3v) is 7.86. The van der Waals surface area contributed by atoms with E-state index in [1.807, 2.05) is 6.07 Å². The number of Topliss-reactive ketones (excluding diaryl/α,β-unsaturated/α-hetero) is 2. The van der Waals surface area contributed by atoms with Crippen LogP contribution in [0.1, 0.15) is 29.5 Å². The zero-order valence-electron chi connectivity index (χ0n) is 19.7. The molecule has 0 bridgehead atoms. The highest BCUT2D eigenvalue weighted by atomic mass is 16.3. The topological polar surface area (TPSA) is 153 Å². The Morgan fingerprint density at radius 1 is 1.14 bits per heavy atom. The number of primary amides is 1. The van der Waals surface area contributed by atoms with Crippen molar-refractivity contribution in [1.82, 2.24) is 10.2 Å². The summed E-state index contributed by atoms with van der Waals surface area (Å²) < 4.78 is 0. The average molecular weight is 480 g/mol. The van der Waals surface area contributed by atoms with Crippen molar-refractivity contribution < 1.29 is 29.7 Å². The molecular weight excluding hydrogens is 450 g/mol. The number of hydrogen-bond acceptors (Lipinski definition) is 8. The summed E-state index contributed by atoms with van der Waals surface area (Å²) in [5, 5.41) is 36.1. The highest BCUT2D eigenvalue weighted by molar-refractivity contribution is 6.28. The molecule has 184 valence electrons. The Kier molecular flexibility index (Phi) is 5.56. The number of hydrogen-bond donors (Lipinski definition) is 5. The minimum absolute atomic E-state index is 0.0987. The molecule has 1 aromatic rings. The first kappa shape index (κ1) is 23.3. The van der Waals surface area contributed by atoms with Crippen LogP contribution in [0.25, 0.3) is 11.3 Å². The molecule has 0 aromatic heterocycles. The van der Waals surface area contributed by atoms with Gasteiger partial charge in [-0.2, -0.15) is 0 Å². The Morgan fingerprint density at radius 2 is 1.89 bits per heavy atom. The molecule has 1 aromatic carbocycles. The number of fused-ring (bicyclic) bond motifs is 3. The maximum Gasteiger partial charge on any atom is 0.255 e. The third kappa shape index (κ3) is 3.41. The van der Waals surface area contributed by atoms with E-state index >= 15 is 0 Å². The van der Waals surface area contributed by atoms with Crippen molar-refractivity contribution in [2.75, 3.05) is 27.2 Å². The predicted molar refractivity (Wildman–Crippen MR) is 128 cm³/mol. The number of carbonyl (C=O) groups excluding carboxylic acids is 3. The van der Waals surface area contributed by atoms with Gasteiger partial charge in [-0.3, -0.25) is 19.3 Å². The molecule has 4 atom stereocenters. The number of phenolic OH excluding ortho intramolecular Hbond substituents is 1. The summed E-state index contributed by atoms with van der Waals surface area (Å²) >= 11 is 0. The number of aliphatic hydroxyl groups is 2. The first-order valence-electron chi connectivity index (χ1n) is 11.8. The van der Waals surface area contributed by atoms with Gasteiger partial charge in [0.15, 0.2) is 11.6 Å². The van der Waals surface area contributed by atoms with Gasteiger partial charge < -0.3 is 26.4 Å². The van der Waals surface area contributed by atoms with Crippen LogP contribution < -0.4 is 11.1 Å². The fourth-order valence-electron chi connectivity index (χ4n) is 6.43. The monoisotopic (exact) mass is 479 g/mol. The molecule has 35 heavy (non-hydrogen) atoms. The molecule has 0 spiro atoms. The molecule has 1 aliphatic heterocycles. The largest absolute Gasteiger partial charge is 0.510 e. The minimum Gasteiger partial charge on any atom is -0.510 e. The van der Waals surface area contributed by atoms with Crippen molar-refractivity contribution in [1.29, 1.82) is 0 Å². The van der Waals surface area contributed by atoms with Gasteiger partial charge in [0.05, 0.1) is 17.5 Å². The van der Waals surface area contributed by atoms with E-state index in [2.05, 4.69) is 11.4 Å². The van der Waals surface area contributed by atoms with E-state index in [1.165, 1.54) is 6.07 Å². The van der Waals surface area contributed by atoms with Gasteiger partial charge >= 0.3 is 0 Å². The second-order valence-corrected chi connectivity index (χ2v) is 9.97. The Balaban J connectivity index is 1.66. The van der Waals surface area contributed by atoms with Crippen LogP contribution in [-0.2, 0) is 20.8 Å². The van der Waals surface area contributed by atoms with Crippen molar-refractivity contribution in [3.05, 3.63) is 51.8 Å². The summed E-state index contributed by atoms with van der Waals surface area (Å²) in [6, 6.07) is 2.62. The molecule has 1 fully saturated rings. The summed E-state index contributed by atoms with van der Waals surface area (Å²) in [5.74, 6) is -5.57. The van der Waals surface area contributed by atoms with Crippen LogP contribution >= 0.6 is 0 Å². The van der Waals surface area contributed by atoms with E-state index in [0.29, 0.717) is 12.8 Å². The highest BCUT2D eigenvalue weighted by Crippen LogP contribution is 2.51. The third-order valence-electron chi connectivity index (χ3n) is 7.86. The number of carbonyl (C=O) groups is 3. The predicted octanol–water partition coefficient (Wildman–Crippen LogP) is 1.23. The molecule has 1 amide bonds. The summed E-state index contributed by atoms with van der Waals surface area (Å²) in [5.41, 5.74) is 7.98. The van der Waals surface area contributed by atoms with E-state index in [9.17, 15) is 29.7 Å². The van der Waals surface area contributed by atoms with Gasteiger partial charge in [-0.1, -0.05) is 12.1 Å². The number of nitrogens with one attached hydrogen (secondary N) is 1. The van der Waals surface area contributed by atoms with Gasteiger partial charge in [0.2, 0.25) is 0 Å². The number of benzene rings is 1. The molecule has 3 unspecified atom stereocenters. The van der Waals surface area contributed by atoms with Crippen LogP contribution in [0.3, 0.4) is 0 Å². The van der Waals surface area contributed by atoms with Crippen LogP contribution in [-0.4, -0.2) is 70.9 Å². The molecular formula is C26H29N3O6. The molecule has 1 saturated carbocycles. The molecule has 4 aliphatic rings. The smallest absolute Gasteiger partial charge is 0.255 e. The van der Waals surface area contributed by atoms with Gasteiger partial charge in [-0.05, 0) is 74.5 Å². The molecule has 1 heterocycles. The number of rotatable bonds is 3. The molecule has 0 saturated heterocycles. The van der Waals surface area contributed by atoms with Crippen molar-refractivity contribution in [3.8, 4) is 5.75 Å². The molecule has 6 N–H and O–H groups in total. The van der Waals surface area contributed by atoms with E-state index in [-0.39, 0.29) is 22.6 Å². The molecule has 0 radical (unpaired) electrons. The zero-order chi connectivity index (χ0) is 25.2. The fourth-order valence-corrected chi connectivity index (χ4v) is 6.43. The maximum atomic E-state index is 13.8. The zero-order valence-corrected chi connectivity index (χ0v) is 19.7. The van der Waals surface area contributed by atoms with Crippen molar-refractivity contribution in [2.24, 2.45) is 23.5 Å². The number of aliphatic hydroxyl groups excluding tert-OH is 2. The summed E-state index contributed by atoms with van der Waals surface area (Å²) in [4.78, 5) is 40.7.